The van der Waals surface area contributed by atoms with Crippen molar-refractivity contribution in [3.05, 3.63) is 59.2 Å². The first-order valence-corrected chi connectivity index (χ1v) is 11.4. The fraction of sp³-hybridized carbons (Fsp3) is 0.520. The molecule has 170 valence electrons. The van der Waals surface area contributed by atoms with Crippen LogP contribution < -0.4 is 0 Å². The van der Waals surface area contributed by atoms with Crippen molar-refractivity contribution >= 4 is 11.8 Å². The van der Waals surface area contributed by atoms with Crippen LogP contribution in [0.4, 0.5) is 0 Å². The maximum Gasteiger partial charge on any atom is 0.273 e. The van der Waals surface area contributed by atoms with Crippen LogP contribution in [-0.4, -0.2) is 76.3 Å². The van der Waals surface area contributed by atoms with E-state index >= 15 is 0 Å². The number of aryl methyl sites for hydroxylation is 1. The maximum absolute atomic E-state index is 13.7. The summed E-state index contributed by atoms with van der Waals surface area (Å²) in [5.41, 5.74) is 2.17. The van der Waals surface area contributed by atoms with Crippen LogP contribution in [0.2, 0.25) is 0 Å². The summed E-state index contributed by atoms with van der Waals surface area (Å²) in [5.74, 6) is 0.714. The Morgan fingerprint density at radius 2 is 1.72 bits per heavy atom. The van der Waals surface area contributed by atoms with Crippen LogP contribution in [0.15, 0.2) is 36.4 Å². The van der Waals surface area contributed by atoms with Gasteiger partial charge in [0.15, 0.2) is 0 Å². The molecule has 1 unspecified atom stereocenters. The third-order valence-corrected chi connectivity index (χ3v) is 6.97. The summed E-state index contributed by atoms with van der Waals surface area (Å²) in [6, 6.07) is 11.5. The summed E-state index contributed by atoms with van der Waals surface area (Å²) in [6.45, 7) is 9.24. The summed E-state index contributed by atoms with van der Waals surface area (Å²) in [7, 11) is 2.13. The molecule has 7 nitrogen and oxygen atoms in total. The van der Waals surface area contributed by atoms with Gasteiger partial charge in [0.05, 0.1) is 6.04 Å². The number of amides is 2. The van der Waals surface area contributed by atoms with Gasteiger partial charge in [-0.15, -0.1) is 0 Å². The van der Waals surface area contributed by atoms with Crippen LogP contribution in [0.25, 0.3) is 0 Å². The molecule has 1 atom stereocenters. The molecule has 0 N–H and O–H groups in total. The van der Waals surface area contributed by atoms with Crippen molar-refractivity contribution in [3.8, 4) is 0 Å². The molecule has 7 heteroatoms. The molecule has 1 aromatic heterocycles. The molecule has 32 heavy (non-hydrogen) atoms. The topological polar surface area (TPSA) is 69.6 Å². The van der Waals surface area contributed by atoms with Crippen LogP contribution in [0.5, 0.6) is 0 Å². The third-order valence-electron chi connectivity index (χ3n) is 6.97. The molecule has 2 amide bonds. The number of hydrogen-bond acceptors (Lipinski definition) is 5. The van der Waals surface area contributed by atoms with Crippen LogP contribution in [0.3, 0.4) is 0 Å². The van der Waals surface area contributed by atoms with Crippen LogP contribution >= 0.6 is 0 Å². The molecule has 0 bridgehead atoms. The average molecular weight is 436 g/mol. The summed E-state index contributed by atoms with van der Waals surface area (Å²) in [5, 5.41) is 0. The Labute approximate surface area is 190 Å². The van der Waals surface area contributed by atoms with E-state index < -0.39 is 0 Å². The predicted molar refractivity (Wildman–Crippen MR) is 123 cm³/mol. The van der Waals surface area contributed by atoms with Gasteiger partial charge < -0.3 is 14.7 Å². The Kier molecular flexibility index (Phi) is 6.29. The lowest BCUT2D eigenvalue weighted by molar-refractivity contribution is -0.131. The first-order valence-electron chi connectivity index (χ1n) is 11.4. The van der Waals surface area contributed by atoms with Crippen LogP contribution in [0.1, 0.15) is 60.3 Å². The van der Waals surface area contributed by atoms with Crippen molar-refractivity contribution in [3.63, 3.8) is 0 Å². The number of aromatic nitrogens is 2. The van der Waals surface area contributed by atoms with Crippen LogP contribution in [0, 0.1) is 6.92 Å². The Morgan fingerprint density at radius 1 is 1.03 bits per heavy atom. The van der Waals surface area contributed by atoms with E-state index in [1.165, 1.54) is 0 Å². The molecule has 2 fully saturated rings. The lowest BCUT2D eigenvalue weighted by Gasteiger charge is -2.41. The largest absolute Gasteiger partial charge is 0.339 e. The number of piperidine rings is 1. The molecule has 2 aromatic rings. The van der Waals surface area contributed by atoms with Gasteiger partial charge in [-0.2, -0.15) is 0 Å². The van der Waals surface area contributed by atoms with E-state index in [0.717, 1.165) is 43.0 Å². The van der Waals surface area contributed by atoms with Crippen molar-refractivity contribution in [2.75, 3.05) is 39.8 Å². The molecule has 2 aliphatic rings. The highest BCUT2D eigenvalue weighted by molar-refractivity contribution is 5.93. The normalized spacial score (nSPS) is 21.4. The molecule has 2 aliphatic heterocycles. The molecule has 4 rings (SSSR count). The third kappa shape index (κ3) is 4.53. The quantitative estimate of drug-likeness (QED) is 0.742. The van der Waals surface area contributed by atoms with Gasteiger partial charge in [-0.25, -0.2) is 9.97 Å². The zero-order chi connectivity index (χ0) is 22.9. The standard InChI is InChI=1S/C25H33N5O2/c1-18-16-21(27-24(26-18)25(3)10-12-28(4)13-11-25)23(32)30-15-14-29(19(2)31)17-22(30)20-8-6-5-7-9-20/h5-9,16,22H,10-15,17H2,1-4H3. The highest BCUT2D eigenvalue weighted by Crippen LogP contribution is 2.33. The number of benzene rings is 1. The minimum atomic E-state index is -0.195. The van der Waals surface area contributed by atoms with Gasteiger partial charge in [0.2, 0.25) is 5.91 Å². The molecule has 0 radical (unpaired) electrons. The van der Waals surface area contributed by atoms with Gasteiger partial charge in [0, 0.05) is 37.7 Å². The number of hydrogen-bond donors (Lipinski definition) is 0. The minimum absolute atomic E-state index is 0.0355. The van der Waals surface area contributed by atoms with E-state index in [2.05, 4.69) is 18.9 Å². The first-order chi connectivity index (χ1) is 15.3. The van der Waals surface area contributed by atoms with Crippen molar-refractivity contribution in [2.24, 2.45) is 0 Å². The second-order valence-corrected chi connectivity index (χ2v) is 9.47. The number of likely N-dealkylation sites (tertiary alicyclic amines) is 1. The number of carbonyl (C=O) groups is 2. The van der Waals surface area contributed by atoms with Gasteiger partial charge >= 0.3 is 0 Å². The van der Waals surface area contributed by atoms with Crippen molar-refractivity contribution in [2.45, 2.75) is 45.1 Å². The van der Waals surface area contributed by atoms with Gasteiger partial charge in [-0.05, 0) is 51.5 Å². The SMILES string of the molecule is CC(=O)N1CCN(C(=O)c2cc(C)nc(C3(C)CCN(C)CC3)n2)C(c2ccccc2)C1. The molecule has 1 aromatic carbocycles. The van der Waals surface area contributed by atoms with Gasteiger partial charge in [0.1, 0.15) is 11.5 Å². The monoisotopic (exact) mass is 435 g/mol. The summed E-state index contributed by atoms with van der Waals surface area (Å²) in [6.07, 6.45) is 1.95. The van der Waals surface area contributed by atoms with E-state index in [-0.39, 0.29) is 23.3 Å². The number of carbonyl (C=O) groups excluding carboxylic acids is 2. The molecular weight excluding hydrogens is 402 g/mol. The smallest absolute Gasteiger partial charge is 0.273 e. The fourth-order valence-corrected chi connectivity index (χ4v) is 4.70. The number of nitrogens with zero attached hydrogens (tertiary/aromatic N) is 5. The van der Waals surface area contributed by atoms with Crippen LogP contribution in [-0.2, 0) is 10.2 Å². The Balaban J connectivity index is 1.65. The molecule has 2 saturated heterocycles. The van der Waals surface area contributed by atoms with E-state index in [4.69, 9.17) is 9.97 Å². The Hall–Kier alpha value is -2.80. The van der Waals surface area contributed by atoms with Gasteiger partial charge in [-0.3, -0.25) is 9.59 Å². The lowest BCUT2D eigenvalue weighted by atomic mass is 9.79. The highest BCUT2D eigenvalue weighted by Gasteiger charge is 2.36. The van der Waals surface area contributed by atoms with Crippen molar-refractivity contribution < 1.29 is 9.59 Å². The Bertz CT molecular complexity index is 985. The maximum atomic E-state index is 13.7. The lowest BCUT2D eigenvalue weighted by Crippen LogP contribution is -2.52. The second-order valence-electron chi connectivity index (χ2n) is 9.47. The van der Waals surface area contributed by atoms with E-state index in [0.29, 0.717) is 25.3 Å². The summed E-state index contributed by atoms with van der Waals surface area (Å²) >= 11 is 0. The van der Waals surface area contributed by atoms with Gasteiger partial charge in [0.25, 0.3) is 5.91 Å². The average Bonchev–Trinajstić information content (AvgIpc) is 2.80. The molecule has 3 heterocycles. The second kappa shape index (κ2) is 8.98. The Morgan fingerprint density at radius 3 is 2.38 bits per heavy atom. The van der Waals surface area contributed by atoms with E-state index in [1.807, 2.05) is 47.1 Å². The zero-order valence-corrected chi connectivity index (χ0v) is 19.5. The number of piperazine rings is 1. The zero-order valence-electron chi connectivity index (χ0n) is 19.5. The molecule has 0 aliphatic carbocycles. The summed E-state index contributed by atoms with van der Waals surface area (Å²) < 4.78 is 0. The molecule has 0 saturated carbocycles. The van der Waals surface area contributed by atoms with E-state index in [9.17, 15) is 9.59 Å². The predicted octanol–water partition coefficient (Wildman–Crippen LogP) is 2.81. The van der Waals surface area contributed by atoms with Crippen molar-refractivity contribution in [1.29, 1.82) is 0 Å². The fourth-order valence-electron chi connectivity index (χ4n) is 4.70. The number of rotatable bonds is 3. The minimum Gasteiger partial charge on any atom is -0.339 e. The highest BCUT2D eigenvalue weighted by atomic mass is 16.2. The van der Waals surface area contributed by atoms with Gasteiger partial charge in [-0.1, -0.05) is 37.3 Å². The first kappa shape index (κ1) is 22.4. The summed E-state index contributed by atoms with van der Waals surface area (Å²) in [4.78, 5) is 41.3. The molecular formula is C25H33N5O2. The van der Waals surface area contributed by atoms with E-state index in [1.54, 1.807) is 13.0 Å². The molecule has 0 spiro atoms. The van der Waals surface area contributed by atoms with Crippen molar-refractivity contribution in [1.82, 2.24) is 24.7 Å².